The number of likely N-dealkylation sites (N-methyl/N-ethyl adjacent to an activating group) is 1. The van der Waals surface area contributed by atoms with Gasteiger partial charge >= 0.3 is 23.9 Å². The molecule has 0 saturated carbocycles. The summed E-state index contributed by atoms with van der Waals surface area (Å²) in [4.78, 5) is 59.7. The van der Waals surface area contributed by atoms with Crippen LogP contribution in [-0.4, -0.2) is 86.4 Å². The van der Waals surface area contributed by atoms with Gasteiger partial charge in [0.15, 0.2) is 18.3 Å². The first-order valence-corrected chi connectivity index (χ1v) is 8.53. The van der Waals surface area contributed by atoms with Crippen LogP contribution in [0.1, 0.15) is 37.4 Å². The monoisotopic (exact) mass is 421 g/mol. The molecule has 0 spiro atoms. The van der Waals surface area contributed by atoms with Gasteiger partial charge in [0, 0.05) is 48.8 Å². The van der Waals surface area contributed by atoms with Crippen molar-refractivity contribution in [1.82, 2.24) is 4.90 Å². The van der Waals surface area contributed by atoms with Crippen LogP contribution in [0.2, 0.25) is 0 Å². The Balaban J connectivity index is 6.54. The van der Waals surface area contributed by atoms with Crippen molar-refractivity contribution in [3.8, 4) is 0 Å². The highest BCUT2D eigenvalue weighted by Gasteiger charge is 2.44. The average molecular weight is 421 g/mol. The molecule has 0 aromatic rings. The van der Waals surface area contributed by atoms with Crippen molar-refractivity contribution in [2.75, 3.05) is 27.3 Å². The zero-order chi connectivity index (χ0) is 24.3. The summed E-state index contributed by atoms with van der Waals surface area (Å²) >= 11 is 0. The number of hydrogen-bond donors (Lipinski definition) is 0. The molecular formula is C18H29NO10. The lowest BCUT2D eigenvalue weighted by molar-refractivity contribution is -0.195. The highest BCUT2D eigenvalue weighted by Crippen LogP contribution is 2.21. The van der Waals surface area contributed by atoms with Gasteiger partial charge in [-0.05, 0) is 0 Å². The molecule has 0 radical (unpaired) electrons. The summed E-state index contributed by atoms with van der Waals surface area (Å²) in [6.45, 7) is 3.17. The predicted molar refractivity (Wildman–Crippen MR) is 97.4 cm³/mol. The van der Waals surface area contributed by atoms with Crippen LogP contribution in [-0.2, 0) is 47.7 Å². The lowest BCUT2D eigenvalue weighted by Crippen LogP contribution is -2.58. The molecule has 29 heavy (non-hydrogen) atoms. The normalized spacial score (nSPS) is 16.6. The summed E-state index contributed by atoms with van der Waals surface area (Å²) in [6.07, 6.45) is -4.54. The van der Waals surface area contributed by atoms with Crippen molar-refractivity contribution in [1.29, 1.82) is 0 Å². The second-order valence-corrected chi connectivity index (χ2v) is 6.03. The van der Waals surface area contributed by atoms with Gasteiger partial charge in [-0.25, -0.2) is 0 Å². The molecule has 0 heterocycles. The van der Waals surface area contributed by atoms with Crippen LogP contribution in [0.25, 0.3) is 0 Å². The van der Waals surface area contributed by atoms with Crippen LogP contribution in [0.5, 0.6) is 0 Å². The van der Waals surface area contributed by atoms with E-state index in [2.05, 4.69) is 0 Å². The fraction of sp³-hybridized carbons (Fsp3) is 0.722. The lowest BCUT2D eigenvalue weighted by Gasteiger charge is -2.38. The van der Waals surface area contributed by atoms with Crippen LogP contribution < -0.4 is 0 Å². The van der Waals surface area contributed by atoms with Crippen LogP contribution in [0.3, 0.4) is 0 Å². The van der Waals surface area contributed by atoms with E-state index >= 15 is 0 Å². The van der Waals surface area contributed by atoms with Crippen LogP contribution in [0.15, 0.2) is 0 Å². The predicted octanol–water partition coefficient (Wildman–Crippen LogP) is -0.162. The second-order valence-electron chi connectivity index (χ2n) is 6.03. The highest BCUT2D eigenvalue weighted by molar-refractivity contribution is 5.74. The standard InChI is InChI=1S/C18H29NO10/c1-10(20)19(6)15(8-26-11(2)21)17(28-13(4)23)18(29-14(5)24)16(9-25-7)27-12(3)22/h15-18H,8-9H2,1-7H3/t15-,16+,17+,18+/m0/s1/i7D,8D/t8?,15-,16+,17+,18+. The largest absolute Gasteiger partial charge is 0.464 e. The molecular weight excluding hydrogens is 390 g/mol. The first-order valence-electron chi connectivity index (χ1n) is 9.81. The Morgan fingerprint density at radius 1 is 0.862 bits per heavy atom. The Morgan fingerprint density at radius 2 is 1.38 bits per heavy atom. The van der Waals surface area contributed by atoms with E-state index in [1.165, 1.54) is 7.05 Å². The Bertz CT molecular complexity index is 659. The molecule has 0 N–H and O–H groups in total. The van der Waals surface area contributed by atoms with Crippen molar-refractivity contribution in [2.45, 2.75) is 59.0 Å². The number of rotatable bonds is 11. The summed E-state index contributed by atoms with van der Waals surface area (Å²) in [7, 11) is 0.745. The van der Waals surface area contributed by atoms with Gasteiger partial charge in [0.05, 0.1) is 9.35 Å². The molecule has 11 heteroatoms. The molecule has 1 amide bonds. The minimum absolute atomic E-state index is 0.425. The van der Waals surface area contributed by atoms with Gasteiger partial charge in [-0.15, -0.1) is 0 Å². The van der Waals surface area contributed by atoms with E-state index < -0.39 is 74.4 Å². The maximum Gasteiger partial charge on any atom is 0.303 e. The molecule has 0 aliphatic carbocycles. The molecule has 5 atom stereocenters. The van der Waals surface area contributed by atoms with E-state index in [0.717, 1.165) is 39.5 Å². The molecule has 0 aromatic heterocycles. The molecule has 0 saturated heterocycles. The summed E-state index contributed by atoms with van der Waals surface area (Å²) in [5.74, 6) is -3.96. The Morgan fingerprint density at radius 3 is 1.79 bits per heavy atom. The molecule has 0 rings (SSSR count). The van der Waals surface area contributed by atoms with Gasteiger partial charge in [-0.1, -0.05) is 0 Å². The molecule has 0 fully saturated rings. The number of amides is 1. The van der Waals surface area contributed by atoms with Gasteiger partial charge in [0.2, 0.25) is 5.91 Å². The minimum Gasteiger partial charge on any atom is -0.464 e. The number of carbonyl (C=O) groups is 5. The number of hydrogen-bond acceptors (Lipinski definition) is 10. The Kier molecular flexibility index (Phi) is 9.90. The lowest BCUT2D eigenvalue weighted by atomic mass is 9.99. The number of esters is 4. The molecule has 0 aliphatic rings. The Hall–Kier alpha value is -2.69. The molecule has 0 aromatic carbocycles. The number of ether oxygens (including phenoxy) is 5. The van der Waals surface area contributed by atoms with Gasteiger partial charge in [0.1, 0.15) is 12.6 Å². The number of methoxy groups -OCH3 is 1. The molecule has 1 unspecified atom stereocenters. The van der Waals surface area contributed by atoms with Gasteiger partial charge < -0.3 is 28.6 Å². The average Bonchev–Trinajstić information content (AvgIpc) is 2.61. The highest BCUT2D eigenvalue weighted by atomic mass is 16.6. The first-order chi connectivity index (χ1) is 14.3. The van der Waals surface area contributed by atoms with Crippen LogP contribution in [0.4, 0.5) is 0 Å². The zero-order valence-electron chi connectivity index (χ0n) is 19.3. The topological polar surface area (TPSA) is 135 Å². The number of nitrogens with zero attached hydrogens (tertiary/aromatic N) is 1. The number of carbonyl (C=O) groups excluding carboxylic acids is 5. The van der Waals surface area contributed by atoms with Gasteiger partial charge in [0.25, 0.3) is 0 Å². The zero-order valence-corrected chi connectivity index (χ0v) is 17.3. The van der Waals surface area contributed by atoms with Crippen LogP contribution >= 0.6 is 0 Å². The summed E-state index contributed by atoms with van der Waals surface area (Å²) < 4.78 is 40.9. The third-order valence-corrected chi connectivity index (χ3v) is 3.55. The van der Waals surface area contributed by atoms with Crippen molar-refractivity contribution < 1.29 is 50.4 Å². The van der Waals surface area contributed by atoms with Crippen molar-refractivity contribution >= 4 is 29.8 Å². The van der Waals surface area contributed by atoms with Gasteiger partial charge in [-0.3, -0.25) is 24.0 Å². The van der Waals surface area contributed by atoms with Crippen molar-refractivity contribution in [3.05, 3.63) is 0 Å². The van der Waals surface area contributed by atoms with E-state index in [-0.39, 0.29) is 0 Å². The first kappa shape index (κ1) is 22.6. The fourth-order valence-corrected chi connectivity index (χ4v) is 2.36. The fourth-order valence-electron chi connectivity index (χ4n) is 2.36. The Labute approximate surface area is 172 Å². The molecule has 166 valence electrons. The summed E-state index contributed by atoms with van der Waals surface area (Å²) in [5.41, 5.74) is 0. The smallest absolute Gasteiger partial charge is 0.303 e. The molecule has 0 aliphatic heterocycles. The minimum atomic E-state index is -1.76. The third-order valence-electron chi connectivity index (χ3n) is 3.55. The summed E-state index contributed by atoms with van der Waals surface area (Å²) in [5, 5.41) is 0. The third kappa shape index (κ3) is 9.88. The van der Waals surface area contributed by atoms with E-state index in [1.807, 2.05) is 0 Å². The maximum atomic E-state index is 12.0. The van der Waals surface area contributed by atoms with E-state index in [0.29, 0.717) is 0 Å². The van der Waals surface area contributed by atoms with E-state index in [9.17, 15) is 24.0 Å². The second kappa shape index (κ2) is 12.7. The van der Waals surface area contributed by atoms with Crippen molar-refractivity contribution in [3.63, 3.8) is 0 Å². The SMILES string of the molecule is [2H]COC[C@@H](OC(C)=O)[C@@H](OC(C)=O)[C@H](OC(C)=O)[C@H](C([2H])OC(C)=O)N(C)C(C)=O. The summed E-state index contributed by atoms with van der Waals surface area (Å²) in [6, 6.07) is -1.45. The van der Waals surface area contributed by atoms with Crippen molar-refractivity contribution in [2.24, 2.45) is 0 Å². The van der Waals surface area contributed by atoms with E-state index in [4.69, 9.17) is 26.4 Å². The van der Waals surface area contributed by atoms with E-state index in [1.54, 1.807) is 0 Å². The quantitative estimate of drug-likeness (QED) is 0.327. The molecule has 0 bridgehead atoms. The maximum absolute atomic E-state index is 12.0. The molecule has 11 nitrogen and oxygen atoms in total. The van der Waals surface area contributed by atoms with Crippen LogP contribution in [0, 0.1) is 0 Å². The van der Waals surface area contributed by atoms with Gasteiger partial charge in [-0.2, -0.15) is 0 Å².